The molecule has 1 aliphatic heterocycles. The predicted octanol–water partition coefficient (Wildman–Crippen LogP) is -0.350. The number of hydrogen-bond acceptors (Lipinski definition) is 3. The van der Waals surface area contributed by atoms with E-state index in [9.17, 15) is 9.90 Å². The van der Waals surface area contributed by atoms with Gasteiger partial charge in [-0.3, -0.25) is 9.80 Å². The standard InChI is InChI=1S/C7H14N2O2/c1-5-6(10)8(3)9(4)7(5,2)11/h5,11H,1-4H3. The zero-order valence-electron chi connectivity index (χ0n) is 7.33. The molecule has 4 heteroatoms. The van der Waals surface area contributed by atoms with Crippen molar-refractivity contribution in [3.8, 4) is 0 Å². The monoisotopic (exact) mass is 158 g/mol. The van der Waals surface area contributed by atoms with Gasteiger partial charge in [-0.1, -0.05) is 0 Å². The molecule has 1 rings (SSSR count). The van der Waals surface area contributed by atoms with Gasteiger partial charge in [0.15, 0.2) is 0 Å². The largest absolute Gasteiger partial charge is 0.373 e. The van der Waals surface area contributed by atoms with E-state index in [1.165, 1.54) is 5.01 Å². The van der Waals surface area contributed by atoms with Crippen LogP contribution in [0, 0.1) is 5.92 Å². The summed E-state index contributed by atoms with van der Waals surface area (Å²) in [6, 6.07) is 0. The van der Waals surface area contributed by atoms with Crippen molar-refractivity contribution >= 4 is 5.91 Å². The van der Waals surface area contributed by atoms with Gasteiger partial charge in [-0.2, -0.15) is 5.01 Å². The van der Waals surface area contributed by atoms with Crippen molar-refractivity contribution < 1.29 is 9.90 Å². The lowest BCUT2D eigenvalue weighted by Gasteiger charge is -2.30. The Morgan fingerprint density at radius 2 is 2.00 bits per heavy atom. The van der Waals surface area contributed by atoms with Gasteiger partial charge in [0.1, 0.15) is 5.72 Å². The normalized spacial score (nSPS) is 40.3. The molecule has 1 aliphatic rings. The van der Waals surface area contributed by atoms with E-state index in [0.717, 1.165) is 0 Å². The van der Waals surface area contributed by atoms with E-state index in [2.05, 4.69) is 0 Å². The molecule has 2 unspecified atom stereocenters. The van der Waals surface area contributed by atoms with Gasteiger partial charge in [-0.15, -0.1) is 0 Å². The fraction of sp³-hybridized carbons (Fsp3) is 0.857. The Morgan fingerprint density at radius 1 is 1.55 bits per heavy atom. The van der Waals surface area contributed by atoms with Crippen LogP contribution in [0.1, 0.15) is 13.8 Å². The molecule has 1 heterocycles. The third kappa shape index (κ3) is 0.937. The Kier molecular flexibility index (Phi) is 1.69. The van der Waals surface area contributed by atoms with Gasteiger partial charge < -0.3 is 5.11 Å². The van der Waals surface area contributed by atoms with E-state index in [-0.39, 0.29) is 11.8 Å². The number of nitrogens with zero attached hydrogens (tertiary/aromatic N) is 2. The maximum absolute atomic E-state index is 11.3. The molecular formula is C7H14N2O2. The average Bonchev–Trinajstić information content (AvgIpc) is 2.06. The van der Waals surface area contributed by atoms with Gasteiger partial charge in [-0.05, 0) is 13.8 Å². The summed E-state index contributed by atoms with van der Waals surface area (Å²) < 4.78 is 0. The van der Waals surface area contributed by atoms with Crippen LogP contribution >= 0.6 is 0 Å². The maximum atomic E-state index is 11.3. The van der Waals surface area contributed by atoms with E-state index in [1.807, 2.05) is 0 Å². The third-order valence-corrected chi connectivity index (χ3v) is 2.61. The topological polar surface area (TPSA) is 43.8 Å². The summed E-state index contributed by atoms with van der Waals surface area (Å²) in [7, 11) is 3.35. The molecule has 64 valence electrons. The van der Waals surface area contributed by atoms with Crippen molar-refractivity contribution in [3.05, 3.63) is 0 Å². The van der Waals surface area contributed by atoms with Crippen molar-refractivity contribution in [2.24, 2.45) is 5.92 Å². The van der Waals surface area contributed by atoms with Crippen LogP contribution in [-0.2, 0) is 4.79 Å². The van der Waals surface area contributed by atoms with Crippen LogP contribution in [-0.4, -0.2) is 40.9 Å². The van der Waals surface area contributed by atoms with Crippen LogP contribution in [0.15, 0.2) is 0 Å². The highest BCUT2D eigenvalue weighted by atomic mass is 16.3. The van der Waals surface area contributed by atoms with Gasteiger partial charge in [-0.25, -0.2) is 0 Å². The van der Waals surface area contributed by atoms with Gasteiger partial charge in [0.25, 0.3) is 0 Å². The Labute approximate surface area is 66.4 Å². The molecule has 0 aromatic carbocycles. The smallest absolute Gasteiger partial charge is 0.243 e. The van der Waals surface area contributed by atoms with E-state index >= 15 is 0 Å². The maximum Gasteiger partial charge on any atom is 0.243 e. The minimum absolute atomic E-state index is 0.0440. The highest BCUT2D eigenvalue weighted by Crippen LogP contribution is 2.30. The summed E-state index contributed by atoms with van der Waals surface area (Å²) in [4.78, 5) is 11.3. The predicted molar refractivity (Wildman–Crippen MR) is 40.3 cm³/mol. The van der Waals surface area contributed by atoms with E-state index in [0.29, 0.717) is 0 Å². The van der Waals surface area contributed by atoms with Crippen molar-refractivity contribution in [1.82, 2.24) is 10.0 Å². The first-order valence-corrected chi connectivity index (χ1v) is 3.62. The van der Waals surface area contributed by atoms with Crippen molar-refractivity contribution in [2.45, 2.75) is 19.6 Å². The summed E-state index contributed by atoms with van der Waals surface area (Å²) >= 11 is 0. The minimum atomic E-state index is -1.04. The van der Waals surface area contributed by atoms with Gasteiger partial charge in [0.2, 0.25) is 5.91 Å². The van der Waals surface area contributed by atoms with E-state index in [4.69, 9.17) is 0 Å². The van der Waals surface area contributed by atoms with Crippen molar-refractivity contribution in [1.29, 1.82) is 0 Å². The summed E-state index contributed by atoms with van der Waals surface area (Å²) in [5, 5.41) is 12.7. The molecule has 0 radical (unpaired) electrons. The van der Waals surface area contributed by atoms with Crippen LogP contribution in [0.25, 0.3) is 0 Å². The molecule has 4 nitrogen and oxygen atoms in total. The molecule has 1 saturated heterocycles. The van der Waals surface area contributed by atoms with Crippen LogP contribution in [0.3, 0.4) is 0 Å². The lowest BCUT2D eigenvalue weighted by Crippen LogP contribution is -2.45. The molecule has 0 spiro atoms. The number of aliphatic hydroxyl groups is 1. The summed E-state index contributed by atoms with van der Waals surface area (Å²) in [5.74, 6) is -0.394. The molecule has 0 saturated carbocycles. The first-order valence-electron chi connectivity index (χ1n) is 3.62. The number of carbonyl (C=O) groups excluding carboxylic acids is 1. The summed E-state index contributed by atoms with van der Waals surface area (Å²) in [5.41, 5.74) is -1.04. The second-order valence-corrected chi connectivity index (χ2v) is 3.20. The van der Waals surface area contributed by atoms with Gasteiger partial charge >= 0.3 is 0 Å². The SMILES string of the molecule is CC1C(=O)N(C)N(C)C1(C)O. The van der Waals surface area contributed by atoms with Crippen LogP contribution in [0.4, 0.5) is 0 Å². The minimum Gasteiger partial charge on any atom is -0.373 e. The van der Waals surface area contributed by atoms with Crippen LogP contribution in [0.5, 0.6) is 0 Å². The lowest BCUT2D eigenvalue weighted by molar-refractivity contribution is -0.148. The summed E-state index contributed by atoms with van der Waals surface area (Å²) in [6.07, 6.45) is 0. The molecule has 2 atom stereocenters. The first kappa shape index (κ1) is 8.49. The van der Waals surface area contributed by atoms with E-state index < -0.39 is 5.72 Å². The molecule has 0 aromatic rings. The molecule has 1 N–H and O–H groups in total. The highest BCUT2D eigenvalue weighted by molar-refractivity contribution is 5.80. The molecule has 0 bridgehead atoms. The fourth-order valence-electron chi connectivity index (χ4n) is 1.25. The molecule has 1 amide bonds. The highest BCUT2D eigenvalue weighted by Gasteiger charge is 2.48. The second kappa shape index (κ2) is 2.19. The zero-order chi connectivity index (χ0) is 8.81. The lowest BCUT2D eigenvalue weighted by atomic mass is 10.0. The fourth-order valence-corrected chi connectivity index (χ4v) is 1.25. The Balaban J connectivity index is 2.96. The zero-order valence-corrected chi connectivity index (χ0v) is 7.33. The average molecular weight is 158 g/mol. The summed E-state index contributed by atoms with van der Waals surface area (Å²) in [6.45, 7) is 3.36. The first-order chi connectivity index (χ1) is 4.89. The van der Waals surface area contributed by atoms with Crippen molar-refractivity contribution in [3.63, 3.8) is 0 Å². The second-order valence-electron chi connectivity index (χ2n) is 3.20. The third-order valence-electron chi connectivity index (χ3n) is 2.61. The quantitative estimate of drug-likeness (QED) is 0.524. The molecule has 1 fully saturated rings. The Hall–Kier alpha value is -0.610. The number of hydrogen-bond donors (Lipinski definition) is 1. The molecule has 0 aliphatic carbocycles. The van der Waals surface area contributed by atoms with Crippen molar-refractivity contribution in [2.75, 3.05) is 14.1 Å². The van der Waals surface area contributed by atoms with Gasteiger partial charge in [0.05, 0.1) is 5.92 Å². The molecular weight excluding hydrogens is 144 g/mol. The van der Waals surface area contributed by atoms with Crippen LogP contribution in [0.2, 0.25) is 0 Å². The molecule has 0 aromatic heterocycles. The number of amides is 1. The Bertz CT molecular complexity index is 191. The number of carbonyl (C=O) groups is 1. The number of rotatable bonds is 0. The van der Waals surface area contributed by atoms with Gasteiger partial charge in [0, 0.05) is 14.1 Å². The Morgan fingerprint density at radius 3 is 2.09 bits per heavy atom. The van der Waals surface area contributed by atoms with E-state index in [1.54, 1.807) is 33.0 Å². The number of hydrazine groups is 1. The molecule has 11 heavy (non-hydrogen) atoms. The van der Waals surface area contributed by atoms with Crippen LogP contribution < -0.4 is 0 Å².